The monoisotopic (exact) mass is 342 g/mol. The number of benzene rings is 1. The van der Waals surface area contributed by atoms with Gasteiger partial charge in [-0.2, -0.15) is 4.31 Å². The second-order valence-electron chi connectivity index (χ2n) is 3.76. The summed E-state index contributed by atoms with van der Waals surface area (Å²) in [5.41, 5.74) is -0.0327. The third-order valence-corrected chi connectivity index (χ3v) is 5.36. The molecule has 1 aromatic rings. The van der Waals surface area contributed by atoms with Gasteiger partial charge in [0.25, 0.3) is 0 Å². The van der Waals surface area contributed by atoms with Gasteiger partial charge in [0.2, 0.25) is 20.9 Å². The van der Waals surface area contributed by atoms with E-state index in [4.69, 9.17) is 11.6 Å². The summed E-state index contributed by atoms with van der Waals surface area (Å²) in [6.45, 7) is 3.72. The van der Waals surface area contributed by atoms with Crippen LogP contribution in [0.25, 0.3) is 0 Å². The number of nitrogens with one attached hydrogen (secondary N) is 1. The smallest absolute Gasteiger partial charge is 0.246 e. The minimum absolute atomic E-state index is 0.0327. The van der Waals surface area contributed by atoms with Crippen molar-refractivity contribution in [2.75, 3.05) is 17.8 Å². The Morgan fingerprint density at radius 2 is 1.85 bits per heavy atom. The molecular formula is C10H15ClN2O5S2. The van der Waals surface area contributed by atoms with Gasteiger partial charge in [0.05, 0.1) is 10.7 Å². The van der Waals surface area contributed by atoms with Crippen molar-refractivity contribution >= 4 is 38.2 Å². The third-order valence-electron chi connectivity index (χ3n) is 2.57. The van der Waals surface area contributed by atoms with Crippen LogP contribution in [0.4, 0.5) is 5.69 Å². The fourth-order valence-electron chi connectivity index (χ4n) is 1.64. The zero-order valence-corrected chi connectivity index (χ0v) is 13.3. The van der Waals surface area contributed by atoms with Crippen LogP contribution in [0.3, 0.4) is 0 Å². The van der Waals surface area contributed by atoms with E-state index in [1.54, 1.807) is 13.8 Å². The van der Waals surface area contributed by atoms with Crippen molar-refractivity contribution in [3.63, 3.8) is 0 Å². The number of hydrogen-bond donors (Lipinski definition) is 3. The number of nitrogens with zero attached hydrogens (tertiary/aromatic N) is 1. The molecule has 0 fully saturated rings. The molecule has 114 valence electrons. The SMILES string of the molecule is CCN(CC)S(=O)(=O)c1cc(N[SH](=O)=O)cc(Cl)c1O. The van der Waals surface area contributed by atoms with E-state index in [1.165, 1.54) is 0 Å². The number of anilines is 1. The quantitative estimate of drug-likeness (QED) is 0.529. The summed E-state index contributed by atoms with van der Waals surface area (Å²) in [5.74, 6) is -0.606. The molecule has 10 heteroatoms. The molecule has 0 amide bonds. The van der Waals surface area contributed by atoms with Crippen LogP contribution in [0, 0.1) is 0 Å². The third kappa shape index (κ3) is 3.54. The number of hydrogen-bond acceptors (Lipinski definition) is 5. The molecule has 1 rings (SSSR count). The number of rotatable bonds is 6. The molecule has 0 heterocycles. The van der Waals surface area contributed by atoms with E-state index in [-0.39, 0.29) is 23.8 Å². The highest BCUT2D eigenvalue weighted by Crippen LogP contribution is 2.35. The highest BCUT2D eigenvalue weighted by Gasteiger charge is 2.27. The zero-order valence-electron chi connectivity index (χ0n) is 10.8. The molecule has 7 nitrogen and oxygen atoms in total. The highest BCUT2D eigenvalue weighted by molar-refractivity contribution is 7.89. The molecule has 0 unspecified atom stereocenters. The van der Waals surface area contributed by atoms with Crippen LogP contribution in [-0.4, -0.2) is 39.3 Å². The molecule has 0 aliphatic carbocycles. The Hall–Kier alpha value is -1.03. The highest BCUT2D eigenvalue weighted by atomic mass is 35.5. The van der Waals surface area contributed by atoms with Crippen molar-refractivity contribution in [1.82, 2.24) is 4.31 Å². The minimum Gasteiger partial charge on any atom is -0.505 e. The van der Waals surface area contributed by atoms with Gasteiger partial charge in [0.15, 0.2) is 5.75 Å². The predicted molar refractivity (Wildman–Crippen MR) is 77.2 cm³/mol. The lowest BCUT2D eigenvalue weighted by Gasteiger charge is -2.19. The van der Waals surface area contributed by atoms with Crippen molar-refractivity contribution in [2.45, 2.75) is 18.7 Å². The molecular weight excluding hydrogens is 328 g/mol. The van der Waals surface area contributed by atoms with E-state index in [0.717, 1.165) is 16.4 Å². The summed E-state index contributed by atoms with van der Waals surface area (Å²) in [6, 6.07) is 2.16. The summed E-state index contributed by atoms with van der Waals surface area (Å²) in [7, 11) is -6.92. The number of phenolic OH excluding ortho intramolecular Hbond substituents is 1. The first kappa shape index (κ1) is 17.0. The summed E-state index contributed by atoms with van der Waals surface area (Å²) in [5, 5.41) is 9.56. The number of aromatic hydroxyl groups is 1. The first-order valence-electron chi connectivity index (χ1n) is 5.67. The molecule has 0 bridgehead atoms. The van der Waals surface area contributed by atoms with E-state index >= 15 is 0 Å². The first-order valence-corrected chi connectivity index (χ1v) is 8.67. The van der Waals surface area contributed by atoms with Gasteiger partial charge >= 0.3 is 0 Å². The lowest BCUT2D eigenvalue weighted by Crippen LogP contribution is -2.30. The molecule has 0 aliphatic rings. The number of thiol groups is 1. The van der Waals surface area contributed by atoms with Crippen LogP contribution in [0.5, 0.6) is 5.75 Å². The van der Waals surface area contributed by atoms with Gasteiger partial charge < -0.3 is 5.11 Å². The summed E-state index contributed by atoms with van der Waals surface area (Å²) >= 11 is 5.73. The van der Waals surface area contributed by atoms with Crippen LogP contribution in [0.1, 0.15) is 13.8 Å². The number of sulfonamides is 1. The molecule has 0 saturated heterocycles. The van der Waals surface area contributed by atoms with Crippen LogP contribution < -0.4 is 4.72 Å². The molecule has 0 atom stereocenters. The minimum atomic E-state index is -3.95. The summed E-state index contributed by atoms with van der Waals surface area (Å²) in [6.07, 6.45) is 0. The zero-order chi connectivity index (χ0) is 15.5. The van der Waals surface area contributed by atoms with Gasteiger partial charge in [0.1, 0.15) is 4.90 Å². The second kappa shape index (κ2) is 6.61. The van der Waals surface area contributed by atoms with E-state index in [9.17, 15) is 21.9 Å². The van der Waals surface area contributed by atoms with Crippen molar-refractivity contribution in [2.24, 2.45) is 0 Å². The van der Waals surface area contributed by atoms with Gasteiger partial charge in [-0.25, -0.2) is 16.8 Å². The number of phenols is 1. The maximum Gasteiger partial charge on any atom is 0.246 e. The van der Waals surface area contributed by atoms with Crippen LogP contribution in [0.2, 0.25) is 5.02 Å². The van der Waals surface area contributed by atoms with Crippen molar-refractivity contribution in [3.8, 4) is 5.75 Å². The van der Waals surface area contributed by atoms with Gasteiger partial charge in [-0.05, 0) is 12.1 Å². The average molecular weight is 343 g/mol. The Labute approximate surface area is 124 Å². The maximum absolute atomic E-state index is 12.3. The van der Waals surface area contributed by atoms with Gasteiger partial charge in [-0.3, -0.25) is 4.72 Å². The van der Waals surface area contributed by atoms with E-state index in [0.29, 0.717) is 0 Å². The van der Waals surface area contributed by atoms with Crippen molar-refractivity contribution < 1.29 is 21.9 Å². The lowest BCUT2D eigenvalue weighted by atomic mass is 10.3. The number of halogens is 1. The van der Waals surface area contributed by atoms with Crippen LogP contribution in [0.15, 0.2) is 17.0 Å². The van der Waals surface area contributed by atoms with E-state index < -0.39 is 31.6 Å². The topological polar surface area (TPSA) is 104 Å². The maximum atomic E-state index is 12.3. The fourth-order valence-corrected chi connectivity index (χ4v) is 3.85. The summed E-state index contributed by atoms with van der Waals surface area (Å²) in [4.78, 5) is -0.437. The fraction of sp³-hybridized carbons (Fsp3) is 0.400. The van der Waals surface area contributed by atoms with Gasteiger partial charge in [0, 0.05) is 13.1 Å². The van der Waals surface area contributed by atoms with E-state index in [1.807, 2.05) is 4.72 Å². The molecule has 0 saturated carbocycles. The molecule has 1 aromatic carbocycles. The van der Waals surface area contributed by atoms with Crippen molar-refractivity contribution in [3.05, 3.63) is 17.2 Å². The van der Waals surface area contributed by atoms with Gasteiger partial charge in [-0.15, -0.1) is 0 Å². The molecule has 0 radical (unpaired) electrons. The Kier molecular flexibility index (Phi) is 5.63. The van der Waals surface area contributed by atoms with Crippen LogP contribution in [-0.2, 0) is 20.9 Å². The largest absolute Gasteiger partial charge is 0.505 e. The molecule has 0 aliphatic heterocycles. The summed E-state index contributed by atoms with van der Waals surface area (Å²) < 4.78 is 49.1. The van der Waals surface area contributed by atoms with Gasteiger partial charge in [-0.1, -0.05) is 25.4 Å². The Morgan fingerprint density at radius 1 is 1.30 bits per heavy atom. The Morgan fingerprint density at radius 3 is 2.30 bits per heavy atom. The second-order valence-corrected chi connectivity index (χ2v) is 6.81. The molecule has 20 heavy (non-hydrogen) atoms. The normalized spacial score (nSPS) is 12.1. The molecule has 2 N–H and O–H groups in total. The molecule has 0 aromatic heterocycles. The first-order chi connectivity index (χ1) is 9.23. The standard InChI is InChI=1S/C10H15ClN2O5S2/c1-3-13(4-2)20(17,18)9-6-7(12-19(15)16)5-8(11)10(9)14/h5-6,14,19H,3-4H2,1-2H3,(H,12,15,16). The Balaban J connectivity index is 3.47. The molecule has 0 spiro atoms. The lowest BCUT2D eigenvalue weighted by molar-refractivity contribution is 0.429. The van der Waals surface area contributed by atoms with Crippen molar-refractivity contribution in [1.29, 1.82) is 0 Å². The van der Waals surface area contributed by atoms with Crippen LogP contribution >= 0.6 is 11.6 Å². The average Bonchev–Trinajstić information content (AvgIpc) is 2.33. The van der Waals surface area contributed by atoms with E-state index in [2.05, 4.69) is 0 Å². The Bertz CT molecular complexity index is 660. The predicted octanol–water partition coefficient (Wildman–Crippen LogP) is 1.01.